The lowest BCUT2D eigenvalue weighted by molar-refractivity contribution is 0.0781. The highest BCUT2D eigenvalue weighted by atomic mass is 19.1. The molecule has 0 amide bonds. The maximum Gasteiger partial charge on any atom is 0.129 e. The van der Waals surface area contributed by atoms with Gasteiger partial charge in [-0.3, -0.25) is 4.90 Å². The van der Waals surface area contributed by atoms with Gasteiger partial charge in [0.25, 0.3) is 0 Å². The van der Waals surface area contributed by atoms with Crippen LogP contribution in [0.1, 0.15) is 44.1 Å². The van der Waals surface area contributed by atoms with E-state index in [9.17, 15) is 13.9 Å². The van der Waals surface area contributed by atoms with E-state index in [1.54, 1.807) is 0 Å². The van der Waals surface area contributed by atoms with Gasteiger partial charge in [0.2, 0.25) is 0 Å². The van der Waals surface area contributed by atoms with Gasteiger partial charge in [-0.05, 0) is 56.7 Å². The second-order valence-electron chi connectivity index (χ2n) is 6.10. The van der Waals surface area contributed by atoms with Gasteiger partial charge in [-0.25, -0.2) is 8.78 Å². The molecule has 1 aromatic carbocycles. The third-order valence-corrected chi connectivity index (χ3v) is 4.73. The Labute approximate surface area is 123 Å². The summed E-state index contributed by atoms with van der Waals surface area (Å²) in [6.07, 6.45) is 4.20. The van der Waals surface area contributed by atoms with E-state index in [0.717, 1.165) is 44.0 Å². The van der Waals surface area contributed by atoms with E-state index in [4.69, 9.17) is 5.73 Å². The summed E-state index contributed by atoms with van der Waals surface area (Å²) >= 11 is 0. The summed E-state index contributed by atoms with van der Waals surface area (Å²) in [6, 6.07) is 4.63. The lowest BCUT2D eigenvalue weighted by atomic mass is 9.89. The average molecular weight is 295 g/mol. The van der Waals surface area contributed by atoms with Crippen LogP contribution in [0.15, 0.2) is 18.2 Å². The quantitative estimate of drug-likeness (QED) is 0.882. The molecular weight excluding hydrogens is 274 g/mol. The van der Waals surface area contributed by atoms with Gasteiger partial charge in [0, 0.05) is 18.2 Å². The fourth-order valence-electron chi connectivity index (χ4n) is 3.60. The number of benzene rings is 1. The van der Waals surface area contributed by atoms with E-state index in [1.165, 1.54) is 6.07 Å². The minimum Gasteiger partial charge on any atom is -0.393 e. The molecule has 21 heavy (non-hydrogen) atoms. The monoisotopic (exact) mass is 295 g/mol. The first-order valence-electron chi connectivity index (χ1n) is 7.55. The fourth-order valence-corrected chi connectivity index (χ4v) is 3.60. The summed E-state index contributed by atoms with van der Waals surface area (Å²) in [6.45, 7) is 0.762. The van der Waals surface area contributed by atoms with Gasteiger partial charge in [-0.2, -0.15) is 0 Å². The van der Waals surface area contributed by atoms with Crippen molar-refractivity contribution in [2.75, 3.05) is 6.54 Å². The summed E-state index contributed by atoms with van der Waals surface area (Å²) < 4.78 is 27.7. The van der Waals surface area contributed by atoms with Crippen molar-refractivity contribution in [3.63, 3.8) is 0 Å². The van der Waals surface area contributed by atoms with Crippen molar-refractivity contribution in [1.82, 2.24) is 4.90 Å². The normalized spacial score (nSPS) is 29.1. The van der Waals surface area contributed by atoms with Crippen molar-refractivity contribution in [3.8, 4) is 0 Å². The number of aliphatic hydroxyl groups is 1. The van der Waals surface area contributed by atoms with Crippen molar-refractivity contribution < 1.29 is 13.9 Å². The zero-order chi connectivity index (χ0) is 15.0. The molecule has 1 radical (unpaired) electrons. The van der Waals surface area contributed by atoms with Gasteiger partial charge >= 0.3 is 0 Å². The number of likely N-dealkylation sites (tertiary alicyclic amines) is 1. The van der Waals surface area contributed by atoms with Gasteiger partial charge in [-0.1, -0.05) is 0 Å². The van der Waals surface area contributed by atoms with Crippen LogP contribution in [-0.4, -0.2) is 22.7 Å². The largest absolute Gasteiger partial charge is 0.393 e. The minimum absolute atomic E-state index is 0.235. The van der Waals surface area contributed by atoms with Crippen LogP contribution >= 0.6 is 0 Å². The third kappa shape index (κ3) is 2.70. The van der Waals surface area contributed by atoms with Crippen molar-refractivity contribution in [3.05, 3.63) is 41.4 Å². The Morgan fingerprint density at radius 3 is 2.67 bits per heavy atom. The molecule has 2 aliphatic rings. The molecule has 5 heteroatoms. The number of halogens is 2. The van der Waals surface area contributed by atoms with Crippen LogP contribution < -0.4 is 5.73 Å². The van der Waals surface area contributed by atoms with Crippen LogP contribution in [0.25, 0.3) is 0 Å². The van der Waals surface area contributed by atoms with Gasteiger partial charge in [0.1, 0.15) is 11.6 Å². The van der Waals surface area contributed by atoms with Crippen molar-refractivity contribution >= 4 is 0 Å². The molecule has 1 heterocycles. The lowest BCUT2D eigenvalue weighted by Crippen LogP contribution is -2.51. The Balaban J connectivity index is 1.89. The molecule has 0 unspecified atom stereocenters. The second-order valence-corrected chi connectivity index (χ2v) is 6.10. The molecule has 115 valence electrons. The topological polar surface area (TPSA) is 49.5 Å². The molecular formula is C16H21F2N2O. The number of rotatable bonds is 2. The molecule has 1 aliphatic heterocycles. The Morgan fingerprint density at radius 2 is 1.95 bits per heavy atom. The third-order valence-electron chi connectivity index (χ3n) is 4.73. The van der Waals surface area contributed by atoms with Crippen LogP contribution in [0.5, 0.6) is 0 Å². The molecule has 3 nitrogen and oxygen atoms in total. The van der Waals surface area contributed by atoms with Crippen LogP contribution in [-0.2, 0) is 5.66 Å². The highest BCUT2D eigenvalue weighted by molar-refractivity contribution is 5.28. The van der Waals surface area contributed by atoms with Crippen LogP contribution in [0.2, 0.25) is 0 Å². The predicted molar refractivity (Wildman–Crippen MR) is 75.9 cm³/mol. The first-order chi connectivity index (χ1) is 10.0. The zero-order valence-corrected chi connectivity index (χ0v) is 12.0. The maximum atomic E-state index is 14.1. The van der Waals surface area contributed by atoms with Crippen LogP contribution in [0.3, 0.4) is 0 Å². The fraction of sp³-hybridized carbons (Fsp3) is 0.562. The Morgan fingerprint density at radius 1 is 1.24 bits per heavy atom. The molecule has 1 aromatic rings. The lowest BCUT2D eigenvalue weighted by Gasteiger charge is -2.42. The van der Waals surface area contributed by atoms with E-state index >= 15 is 0 Å². The highest BCUT2D eigenvalue weighted by Gasteiger charge is 2.45. The number of hydrogen-bond acceptors (Lipinski definition) is 3. The summed E-state index contributed by atoms with van der Waals surface area (Å²) in [5.41, 5.74) is 5.76. The Hall–Kier alpha value is -1.04. The molecule has 0 spiro atoms. The molecule has 2 fully saturated rings. The molecule has 1 aliphatic carbocycles. The van der Waals surface area contributed by atoms with E-state index in [0.29, 0.717) is 19.3 Å². The predicted octanol–water partition coefficient (Wildman–Crippen LogP) is 2.64. The maximum absolute atomic E-state index is 14.1. The van der Waals surface area contributed by atoms with E-state index in [-0.39, 0.29) is 11.7 Å². The first-order valence-corrected chi connectivity index (χ1v) is 7.55. The van der Waals surface area contributed by atoms with Crippen molar-refractivity contribution in [2.45, 2.75) is 50.3 Å². The van der Waals surface area contributed by atoms with Gasteiger partial charge < -0.3 is 10.8 Å². The molecule has 1 atom stereocenters. The van der Waals surface area contributed by atoms with Gasteiger partial charge in [-0.15, -0.1) is 0 Å². The number of aliphatic hydroxyl groups excluding tert-OH is 1. The number of nitrogens with zero attached hydrogens (tertiary/aromatic N) is 1. The van der Waals surface area contributed by atoms with E-state index in [2.05, 4.69) is 0 Å². The molecule has 0 aromatic heterocycles. The van der Waals surface area contributed by atoms with Crippen molar-refractivity contribution in [2.24, 2.45) is 5.73 Å². The molecule has 0 bridgehead atoms. The SMILES string of the molecule is N[C@]1(c2cc(F)ccc2F)CCCN1[C]1CCC(O)CC1. The molecule has 3 rings (SSSR count). The summed E-state index contributed by atoms with van der Waals surface area (Å²) in [7, 11) is 0. The first kappa shape index (κ1) is 14.9. The summed E-state index contributed by atoms with van der Waals surface area (Å²) in [5, 5.41) is 9.62. The molecule has 1 saturated heterocycles. The standard InChI is InChI=1S/C16H21F2N2O/c17-11-2-7-15(18)14(10-11)16(19)8-1-9-20(16)12-3-5-13(21)6-4-12/h2,7,10,13,21H,1,3-6,8-9,19H2/t16-/m1/s1. The van der Waals surface area contributed by atoms with Crippen LogP contribution in [0.4, 0.5) is 8.78 Å². The highest BCUT2D eigenvalue weighted by Crippen LogP contribution is 2.43. The smallest absolute Gasteiger partial charge is 0.129 e. The second kappa shape index (κ2) is 5.63. The van der Waals surface area contributed by atoms with E-state index < -0.39 is 17.3 Å². The van der Waals surface area contributed by atoms with Crippen LogP contribution in [0, 0.1) is 17.7 Å². The van der Waals surface area contributed by atoms with Crippen molar-refractivity contribution in [1.29, 1.82) is 0 Å². The molecule has 3 N–H and O–H groups in total. The number of hydrogen-bond donors (Lipinski definition) is 2. The molecule has 1 saturated carbocycles. The average Bonchev–Trinajstić information content (AvgIpc) is 2.85. The van der Waals surface area contributed by atoms with Gasteiger partial charge in [0.05, 0.1) is 11.8 Å². The summed E-state index contributed by atoms with van der Waals surface area (Å²) in [5.74, 6) is -0.922. The minimum atomic E-state index is -0.968. The van der Waals surface area contributed by atoms with Gasteiger partial charge in [0.15, 0.2) is 0 Å². The number of nitrogens with two attached hydrogens (primary N) is 1. The Kier molecular flexibility index (Phi) is 3.99. The Bertz CT molecular complexity index is 517. The summed E-state index contributed by atoms with van der Waals surface area (Å²) in [4.78, 5) is 2.04. The zero-order valence-electron chi connectivity index (χ0n) is 12.0. The van der Waals surface area contributed by atoms with E-state index in [1.807, 2.05) is 4.90 Å².